The second kappa shape index (κ2) is 8.52. The van der Waals surface area contributed by atoms with Crippen LogP contribution in [0.1, 0.15) is 34.1 Å². The van der Waals surface area contributed by atoms with Crippen LogP contribution < -0.4 is 11.1 Å². The number of hydrogen-bond acceptors (Lipinski definition) is 5. The lowest BCUT2D eigenvalue weighted by Gasteiger charge is -2.24. The SMILES string of the molecule is CC(C)C(=O)OC[C@@H](NC(=O)[C@H](N)CC(=O)O)C(C)C. The highest BCUT2D eigenvalue weighted by Gasteiger charge is 2.23. The van der Waals surface area contributed by atoms with Gasteiger partial charge in [0.2, 0.25) is 5.91 Å². The molecule has 1 amide bonds. The molecule has 0 heterocycles. The number of carbonyl (C=O) groups is 3. The third-order valence-electron chi connectivity index (χ3n) is 2.74. The maximum atomic E-state index is 11.7. The molecule has 20 heavy (non-hydrogen) atoms. The second-order valence-electron chi connectivity index (χ2n) is 5.35. The number of rotatable bonds is 8. The Kier molecular flexibility index (Phi) is 7.83. The highest BCUT2D eigenvalue weighted by Crippen LogP contribution is 2.05. The van der Waals surface area contributed by atoms with Crippen molar-refractivity contribution in [3.05, 3.63) is 0 Å². The monoisotopic (exact) mass is 288 g/mol. The average molecular weight is 288 g/mol. The Morgan fingerprint density at radius 3 is 2.15 bits per heavy atom. The van der Waals surface area contributed by atoms with Crippen LogP contribution in [0.25, 0.3) is 0 Å². The van der Waals surface area contributed by atoms with Gasteiger partial charge < -0.3 is 20.9 Å². The lowest BCUT2D eigenvalue weighted by molar-refractivity contribution is -0.149. The van der Waals surface area contributed by atoms with Gasteiger partial charge in [-0.15, -0.1) is 0 Å². The molecule has 4 N–H and O–H groups in total. The minimum atomic E-state index is -1.14. The quantitative estimate of drug-likeness (QED) is 0.546. The molecule has 0 fully saturated rings. The number of nitrogens with one attached hydrogen (secondary N) is 1. The van der Waals surface area contributed by atoms with Gasteiger partial charge in [0, 0.05) is 0 Å². The third kappa shape index (κ3) is 7.08. The topological polar surface area (TPSA) is 119 Å². The molecule has 7 heteroatoms. The molecule has 0 aromatic heterocycles. The molecule has 0 saturated heterocycles. The van der Waals surface area contributed by atoms with Gasteiger partial charge in [-0.3, -0.25) is 14.4 Å². The maximum Gasteiger partial charge on any atom is 0.308 e. The molecule has 0 bridgehead atoms. The van der Waals surface area contributed by atoms with Gasteiger partial charge >= 0.3 is 11.9 Å². The van der Waals surface area contributed by atoms with Crippen molar-refractivity contribution < 1.29 is 24.2 Å². The van der Waals surface area contributed by atoms with Gasteiger partial charge in [-0.2, -0.15) is 0 Å². The van der Waals surface area contributed by atoms with Crippen LogP contribution >= 0.6 is 0 Å². The molecule has 0 aromatic rings. The Balaban J connectivity index is 4.44. The molecule has 2 atom stereocenters. The predicted octanol–water partition coefficient (Wildman–Crippen LogP) is 0.128. The molecule has 0 radical (unpaired) electrons. The van der Waals surface area contributed by atoms with Crippen LogP contribution in [0, 0.1) is 11.8 Å². The number of carboxylic acid groups (broad SMARTS) is 1. The van der Waals surface area contributed by atoms with Crippen LogP contribution in [-0.4, -0.2) is 41.6 Å². The van der Waals surface area contributed by atoms with Crippen LogP contribution in [0.5, 0.6) is 0 Å². The van der Waals surface area contributed by atoms with Crippen molar-refractivity contribution in [1.29, 1.82) is 0 Å². The van der Waals surface area contributed by atoms with E-state index < -0.39 is 30.4 Å². The van der Waals surface area contributed by atoms with Crippen molar-refractivity contribution in [2.24, 2.45) is 17.6 Å². The molecular formula is C13H24N2O5. The Bertz CT molecular complexity index is 355. The molecule has 0 rings (SSSR count). The average Bonchev–Trinajstić information content (AvgIpc) is 2.31. The van der Waals surface area contributed by atoms with E-state index in [1.165, 1.54) is 0 Å². The van der Waals surface area contributed by atoms with Crippen molar-refractivity contribution in [3.63, 3.8) is 0 Å². The predicted molar refractivity (Wildman–Crippen MR) is 72.8 cm³/mol. The Morgan fingerprint density at radius 1 is 1.20 bits per heavy atom. The fraction of sp³-hybridized carbons (Fsp3) is 0.769. The first kappa shape index (κ1) is 18.4. The fourth-order valence-corrected chi connectivity index (χ4v) is 1.31. The number of carboxylic acids is 1. The van der Waals surface area contributed by atoms with Gasteiger partial charge in [0.25, 0.3) is 0 Å². The van der Waals surface area contributed by atoms with Gasteiger partial charge in [0.15, 0.2) is 0 Å². The number of carbonyl (C=O) groups excluding carboxylic acids is 2. The fourth-order valence-electron chi connectivity index (χ4n) is 1.31. The number of esters is 1. The van der Waals surface area contributed by atoms with Crippen molar-refractivity contribution in [2.75, 3.05) is 6.61 Å². The standard InChI is InChI=1S/C13H24N2O5/c1-7(2)10(6-20-13(19)8(3)4)15-12(18)9(14)5-11(16)17/h7-10H,5-6,14H2,1-4H3,(H,15,18)(H,16,17)/t9-,10-/m1/s1. The van der Waals surface area contributed by atoms with Crippen LogP contribution in [-0.2, 0) is 19.1 Å². The molecule has 0 saturated carbocycles. The van der Waals surface area contributed by atoms with Gasteiger partial charge in [-0.05, 0) is 5.92 Å². The number of amides is 1. The molecule has 0 aliphatic rings. The van der Waals surface area contributed by atoms with Gasteiger partial charge in [-0.25, -0.2) is 0 Å². The summed E-state index contributed by atoms with van der Waals surface area (Å²) in [7, 11) is 0. The minimum Gasteiger partial charge on any atom is -0.481 e. The van der Waals surface area contributed by atoms with E-state index in [-0.39, 0.29) is 24.4 Å². The smallest absolute Gasteiger partial charge is 0.308 e. The molecule has 0 aliphatic heterocycles. The first-order chi connectivity index (χ1) is 9.15. The van der Waals surface area contributed by atoms with E-state index >= 15 is 0 Å². The first-order valence-corrected chi connectivity index (χ1v) is 6.59. The summed E-state index contributed by atoms with van der Waals surface area (Å²) in [6.45, 7) is 7.19. The summed E-state index contributed by atoms with van der Waals surface area (Å²) in [5.41, 5.74) is 5.47. The Morgan fingerprint density at radius 2 is 1.75 bits per heavy atom. The zero-order valence-electron chi connectivity index (χ0n) is 12.4. The van der Waals surface area contributed by atoms with Crippen LogP contribution in [0.15, 0.2) is 0 Å². The summed E-state index contributed by atoms with van der Waals surface area (Å²) in [5.74, 6) is -2.27. The van der Waals surface area contributed by atoms with Crippen molar-refractivity contribution >= 4 is 17.8 Å². The largest absolute Gasteiger partial charge is 0.481 e. The molecule has 7 nitrogen and oxygen atoms in total. The van der Waals surface area contributed by atoms with E-state index in [1.807, 2.05) is 13.8 Å². The molecule has 0 unspecified atom stereocenters. The van der Waals surface area contributed by atoms with Crippen molar-refractivity contribution in [3.8, 4) is 0 Å². The highest BCUT2D eigenvalue weighted by atomic mass is 16.5. The van der Waals surface area contributed by atoms with E-state index in [1.54, 1.807) is 13.8 Å². The number of aliphatic carboxylic acids is 1. The number of ether oxygens (including phenoxy) is 1. The van der Waals surface area contributed by atoms with Crippen molar-refractivity contribution in [2.45, 2.75) is 46.2 Å². The summed E-state index contributed by atoms with van der Waals surface area (Å²) >= 11 is 0. The maximum absolute atomic E-state index is 11.7. The van der Waals surface area contributed by atoms with Gasteiger partial charge in [0.1, 0.15) is 6.61 Å². The highest BCUT2D eigenvalue weighted by molar-refractivity contribution is 5.86. The van der Waals surface area contributed by atoms with Gasteiger partial charge in [0.05, 0.1) is 24.4 Å². The van der Waals surface area contributed by atoms with Crippen molar-refractivity contribution in [1.82, 2.24) is 5.32 Å². The second-order valence-corrected chi connectivity index (χ2v) is 5.35. The summed E-state index contributed by atoms with van der Waals surface area (Å²) in [5, 5.41) is 11.2. The molecule has 0 aliphatic carbocycles. The summed E-state index contributed by atoms with van der Waals surface area (Å²) in [6.07, 6.45) is -0.442. The van der Waals surface area contributed by atoms with E-state index in [0.717, 1.165) is 0 Å². The van der Waals surface area contributed by atoms with E-state index in [0.29, 0.717) is 0 Å². The summed E-state index contributed by atoms with van der Waals surface area (Å²) in [4.78, 5) is 33.6. The summed E-state index contributed by atoms with van der Waals surface area (Å²) in [6, 6.07) is -1.51. The zero-order valence-corrected chi connectivity index (χ0v) is 12.4. The third-order valence-corrected chi connectivity index (χ3v) is 2.74. The van der Waals surface area contributed by atoms with E-state index in [2.05, 4.69) is 5.32 Å². The molecule has 116 valence electrons. The number of hydrogen-bond donors (Lipinski definition) is 3. The van der Waals surface area contributed by atoms with Gasteiger partial charge in [-0.1, -0.05) is 27.7 Å². The lowest BCUT2D eigenvalue weighted by Crippen LogP contribution is -2.50. The van der Waals surface area contributed by atoms with E-state index in [9.17, 15) is 14.4 Å². The summed E-state index contributed by atoms with van der Waals surface area (Å²) < 4.78 is 5.08. The lowest BCUT2D eigenvalue weighted by atomic mass is 10.0. The van der Waals surface area contributed by atoms with Crippen LogP contribution in [0.4, 0.5) is 0 Å². The number of nitrogens with two attached hydrogens (primary N) is 1. The molecule has 0 aromatic carbocycles. The van der Waals surface area contributed by atoms with E-state index in [4.69, 9.17) is 15.6 Å². The molecule has 0 spiro atoms. The Hall–Kier alpha value is -1.63. The zero-order chi connectivity index (χ0) is 15.9. The first-order valence-electron chi connectivity index (χ1n) is 6.59. The minimum absolute atomic E-state index is 0.0240. The Labute approximate surface area is 118 Å². The normalized spacial score (nSPS) is 13.9. The van der Waals surface area contributed by atoms with Crippen LogP contribution in [0.3, 0.4) is 0 Å². The molecular weight excluding hydrogens is 264 g/mol. The van der Waals surface area contributed by atoms with Crippen LogP contribution in [0.2, 0.25) is 0 Å².